The highest BCUT2D eigenvalue weighted by atomic mass is 32.2. The molecule has 1 aliphatic heterocycles. The number of methoxy groups -OCH3 is 1. The molecule has 1 unspecified atom stereocenters. The van der Waals surface area contributed by atoms with Crippen LogP contribution in [-0.2, 0) is 30.6 Å². The summed E-state index contributed by atoms with van der Waals surface area (Å²) in [5, 5.41) is 14.7. The molecule has 0 radical (unpaired) electrons. The molecule has 5 aromatic rings. The van der Waals surface area contributed by atoms with E-state index in [-0.39, 0.29) is 25.3 Å². The van der Waals surface area contributed by atoms with E-state index >= 15 is 0 Å². The first-order chi connectivity index (χ1) is 21.6. The fraction of sp³-hybridized carbons (Fsp3) is 0.281. The summed E-state index contributed by atoms with van der Waals surface area (Å²) in [7, 11) is -2.04. The molecule has 1 atom stereocenters. The zero-order valence-corrected chi connectivity index (χ0v) is 25.8. The standard InChI is InChI=1S/C32H31N7O5S/c1-4-45(41,42)37-20-32(21-37,14-15-33)39-19-23(18-36-39)28-27-13-16-38(29(27)35-22-34-28)31(2,30(40)43-3)24-9-8-12-26(17-24)44-25-10-6-5-7-11-25/h5-13,16-19,22H,4,14,20-21H2,1-3H3. The van der Waals surface area contributed by atoms with Crippen LogP contribution in [0, 0.1) is 11.3 Å². The fourth-order valence-electron chi connectivity index (χ4n) is 5.76. The number of hydrogen-bond acceptors (Lipinski definition) is 9. The Kier molecular flexibility index (Phi) is 7.64. The number of hydrogen-bond donors (Lipinski definition) is 0. The third-order valence-corrected chi connectivity index (χ3v) is 10.1. The van der Waals surface area contributed by atoms with E-state index < -0.39 is 27.1 Å². The van der Waals surface area contributed by atoms with Crippen molar-refractivity contribution in [1.29, 1.82) is 5.26 Å². The highest BCUT2D eigenvalue weighted by molar-refractivity contribution is 7.89. The van der Waals surface area contributed by atoms with E-state index in [0.29, 0.717) is 39.4 Å². The topological polar surface area (TPSA) is 145 Å². The maximum atomic E-state index is 13.5. The van der Waals surface area contributed by atoms with Crippen LogP contribution in [-0.4, -0.2) is 69.0 Å². The minimum Gasteiger partial charge on any atom is -0.467 e. The minimum atomic E-state index is -3.38. The smallest absolute Gasteiger partial charge is 0.336 e. The van der Waals surface area contributed by atoms with E-state index in [1.165, 1.54) is 17.7 Å². The van der Waals surface area contributed by atoms with Gasteiger partial charge in [-0.15, -0.1) is 0 Å². The third-order valence-electron chi connectivity index (χ3n) is 8.37. The molecule has 0 bridgehead atoms. The van der Waals surface area contributed by atoms with E-state index in [9.17, 15) is 18.5 Å². The maximum absolute atomic E-state index is 13.5. The summed E-state index contributed by atoms with van der Waals surface area (Å²) < 4.78 is 40.9. The van der Waals surface area contributed by atoms with Gasteiger partial charge in [0.05, 0.1) is 37.2 Å². The number of esters is 1. The van der Waals surface area contributed by atoms with Gasteiger partial charge in [-0.1, -0.05) is 30.3 Å². The summed E-state index contributed by atoms with van der Waals surface area (Å²) in [5.74, 6) is 0.711. The monoisotopic (exact) mass is 625 g/mol. The van der Waals surface area contributed by atoms with Gasteiger partial charge in [-0.05, 0) is 49.7 Å². The van der Waals surface area contributed by atoms with Gasteiger partial charge < -0.3 is 14.0 Å². The molecule has 6 rings (SSSR count). The predicted molar refractivity (Wildman–Crippen MR) is 166 cm³/mol. The van der Waals surface area contributed by atoms with E-state index in [1.807, 2.05) is 54.6 Å². The largest absolute Gasteiger partial charge is 0.467 e. The first-order valence-corrected chi connectivity index (χ1v) is 15.9. The van der Waals surface area contributed by atoms with E-state index in [0.717, 1.165) is 0 Å². The molecule has 1 fully saturated rings. The van der Waals surface area contributed by atoms with Gasteiger partial charge in [0, 0.05) is 36.4 Å². The number of aromatic nitrogens is 5. The molecule has 1 aliphatic rings. The highest BCUT2D eigenvalue weighted by Gasteiger charge is 2.50. The van der Waals surface area contributed by atoms with E-state index in [1.54, 1.807) is 47.8 Å². The number of para-hydroxylation sites is 1. The second-order valence-electron chi connectivity index (χ2n) is 11.1. The summed E-state index contributed by atoms with van der Waals surface area (Å²) in [4.78, 5) is 22.6. The van der Waals surface area contributed by atoms with Crippen molar-refractivity contribution in [3.63, 3.8) is 0 Å². The number of sulfonamides is 1. The second-order valence-corrected chi connectivity index (χ2v) is 13.3. The molecule has 0 N–H and O–H groups in total. The highest BCUT2D eigenvalue weighted by Crippen LogP contribution is 2.38. The molecule has 0 aliphatic carbocycles. The number of fused-ring (bicyclic) bond motifs is 1. The Morgan fingerprint density at radius 1 is 1.09 bits per heavy atom. The zero-order chi connectivity index (χ0) is 31.8. The lowest BCUT2D eigenvalue weighted by molar-refractivity contribution is -0.148. The fourth-order valence-corrected chi connectivity index (χ4v) is 7.00. The van der Waals surface area contributed by atoms with Crippen LogP contribution >= 0.6 is 0 Å². The van der Waals surface area contributed by atoms with Gasteiger partial charge in [-0.25, -0.2) is 23.2 Å². The van der Waals surface area contributed by atoms with Crippen molar-refractivity contribution < 1.29 is 22.7 Å². The Balaban J connectivity index is 1.38. The van der Waals surface area contributed by atoms with Crippen molar-refractivity contribution in [3.8, 4) is 28.8 Å². The number of nitrogens with zero attached hydrogens (tertiary/aromatic N) is 7. The van der Waals surface area contributed by atoms with Crippen LogP contribution in [0.1, 0.15) is 25.8 Å². The lowest BCUT2D eigenvalue weighted by Gasteiger charge is -2.47. The SMILES string of the molecule is CCS(=O)(=O)N1CC(CC#N)(n2cc(-c3ncnc4c3ccn4C(C)(C(=O)OC)c3cccc(Oc4ccccc4)c3)cn2)C1. The molecule has 4 heterocycles. The molecular formula is C32H31N7O5S. The van der Waals surface area contributed by atoms with E-state index in [4.69, 9.17) is 9.47 Å². The summed E-state index contributed by atoms with van der Waals surface area (Å²) in [6.45, 7) is 3.69. The van der Waals surface area contributed by atoms with Gasteiger partial charge in [0.1, 0.15) is 29.0 Å². The van der Waals surface area contributed by atoms with Crippen molar-refractivity contribution >= 4 is 27.0 Å². The quantitative estimate of drug-likeness (QED) is 0.207. The van der Waals surface area contributed by atoms with Crippen molar-refractivity contribution in [3.05, 3.63) is 91.1 Å². The normalized spacial score (nSPS) is 16.0. The number of carbonyl (C=O) groups excluding carboxylic acids is 1. The Labute approximate surface area is 260 Å². The molecule has 45 heavy (non-hydrogen) atoms. The van der Waals surface area contributed by atoms with Crippen LogP contribution in [0.25, 0.3) is 22.3 Å². The van der Waals surface area contributed by atoms with Crippen LogP contribution in [0.15, 0.2) is 85.6 Å². The predicted octanol–water partition coefficient (Wildman–Crippen LogP) is 4.30. The van der Waals surface area contributed by atoms with Gasteiger partial charge in [0.15, 0.2) is 5.54 Å². The van der Waals surface area contributed by atoms with Crippen molar-refractivity contribution in [1.82, 2.24) is 28.6 Å². The van der Waals surface area contributed by atoms with Crippen LogP contribution < -0.4 is 4.74 Å². The number of nitriles is 1. The first-order valence-electron chi connectivity index (χ1n) is 14.3. The molecule has 0 saturated carbocycles. The number of carbonyl (C=O) groups is 1. The number of benzene rings is 2. The molecule has 12 nitrogen and oxygen atoms in total. The lowest BCUT2D eigenvalue weighted by atomic mass is 9.89. The van der Waals surface area contributed by atoms with Crippen LogP contribution in [0.3, 0.4) is 0 Å². The molecule has 3 aromatic heterocycles. The summed E-state index contributed by atoms with van der Waals surface area (Å²) >= 11 is 0. The Hall–Kier alpha value is -5.06. The van der Waals surface area contributed by atoms with Gasteiger partial charge >= 0.3 is 5.97 Å². The number of ether oxygens (including phenoxy) is 2. The van der Waals surface area contributed by atoms with Crippen molar-refractivity contribution in [2.45, 2.75) is 31.3 Å². The van der Waals surface area contributed by atoms with Crippen LogP contribution in [0.5, 0.6) is 11.5 Å². The van der Waals surface area contributed by atoms with Crippen LogP contribution in [0.2, 0.25) is 0 Å². The summed E-state index contributed by atoms with van der Waals surface area (Å²) in [6, 6.07) is 20.7. The molecule has 230 valence electrons. The lowest BCUT2D eigenvalue weighted by Crippen LogP contribution is -2.64. The van der Waals surface area contributed by atoms with Gasteiger partial charge in [0.25, 0.3) is 0 Å². The minimum absolute atomic E-state index is 0.00919. The second kappa shape index (κ2) is 11.5. The molecule has 0 spiro atoms. The molecule has 13 heteroatoms. The average Bonchev–Trinajstić information content (AvgIpc) is 3.71. The first kappa shape index (κ1) is 30.0. The van der Waals surface area contributed by atoms with Crippen molar-refractivity contribution in [2.24, 2.45) is 0 Å². The van der Waals surface area contributed by atoms with Gasteiger partial charge in [-0.2, -0.15) is 14.7 Å². The maximum Gasteiger partial charge on any atom is 0.336 e. The van der Waals surface area contributed by atoms with Crippen LogP contribution in [0.4, 0.5) is 0 Å². The van der Waals surface area contributed by atoms with Gasteiger partial charge in [0.2, 0.25) is 10.0 Å². The Morgan fingerprint density at radius 3 is 2.56 bits per heavy atom. The third kappa shape index (κ3) is 5.11. The molecular weight excluding hydrogens is 594 g/mol. The van der Waals surface area contributed by atoms with Gasteiger partial charge in [-0.3, -0.25) is 4.68 Å². The van der Waals surface area contributed by atoms with Crippen molar-refractivity contribution in [2.75, 3.05) is 26.0 Å². The Morgan fingerprint density at radius 2 is 1.84 bits per heavy atom. The summed E-state index contributed by atoms with van der Waals surface area (Å²) in [5.41, 5.74) is 0.257. The molecule has 2 aromatic carbocycles. The summed E-state index contributed by atoms with van der Waals surface area (Å²) in [6.07, 6.45) is 6.70. The zero-order valence-electron chi connectivity index (χ0n) is 25.0. The Bertz CT molecular complexity index is 2030. The molecule has 1 saturated heterocycles. The number of rotatable bonds is 10. The van der Waals surface area contributed by atoms with E-state index in [2.05, 4.69) is 21.1 Å². The average molecular weight is 626 g/mol. The molecule has 0 amide bonds.